The maximum atomic E-state index is 11.6. The normalized spacial score (nSPS) is 19.5. The molecule has 0 radical (unpaired) electrons. The summed E-state index contributed by atoms with van der Waals surface area (Å²) >= 11 is 1.83. The van der Waals surface area contributed by atoms with E-state index in [0.29, 0.717) is 6.54 Å². The molecule has 1 atom stereocenters. The summed E-state index contributed by atoms with van der Waals surface area (Å²) in [5.41, 5.74) is 0. The molecular weight excluding hydrogens is 264 g/mol. The van der Waals surface area contributed by atoms with E-state index >= 15 is 0 Å². The number of urea groups is 1. The molecule has 19 heavy (non-hydrogen) atoms. The van der Waals surface area contributed by atoms with E-state index in [1.807, 2.05) is 11.8 Å². The number of aliphatic carboxylic acids is 1. The molecule has 0 aromatic rings. The van der Waals surface area contributed by atoms with Crippen molar-refractivity contribution >= 4 is 23.8 Å². The van der Waals surface area contributed by atoms with Crippen molar-refractivity contribution in [2.24, 2.45) is 5.92 Å². The lowest BCUT2D eigenvalue weighted by molar-refractivity contribution is -0.140. The average molecular weight is 288 g/mol. The lowest BCUT2D eigenvalue weighted by atomic mass is 9.88. The van der Waals surface area contributed by atoms with Crippen LogP contribution >= 0.6 is 11.8 Å². The fourth-order valence-electron chi connectivity index (χ4n) is 2.29. The van der Waals surface area contributed by atoms with Crippen LogP contribution in [0.15, 0.2) is 0 Å². The Bertz CT molecular complexity index is 317. The zero-order chi connectivity index (χ0) is 14.3. The largest absolute Gasteiger partial charge is 0.481 e. The molecule has 2 amide bonds. The Hall–Kier alpha value is -0.910. The highest BCUT2D eigenvalue weighted by Crippen LogP contribution is 2.37. The summed E-state index contributed by atoms with van der Waals surface area (Å²) in [7, 11) is 0. The van der Waals surface area contributed by atoms with Crippen LogP contribution in [0.2, 0.25) is 0 Å². The molecule has 110 valence electrons. The molecule has 6 heteroatoms. The Morgan fingerprint density at radius 2 is 1.89 bits per heavy atom. The van der Waals surface area contributed by atoms with Gasteiger partial charge in [-0.1, -0.05) is 26.2 Å². The number of hydrogen-bond acceptors (Lipinski definition) is 3. The van der Waals surface area contributed by atoms with Crippen LogP contribution in [0.5, 0.6) is 0 Å². The third kappa shape index (κ3) is 5.30. The van der Waals surface area contributed by atoms with E-state index in [9.17, 15) is 9.59 Å². The van der Waals surface area contributed by atoms with Crippen molar-refractivity contribution in [3.63, 3.8) is 0 Å². The first kappa shape index (κ1) is 16.1. The fraction of sp³-hybridized carbons (Fsp3) is 0.846. The summed E-state index contributed by atoms with van der Waals surface area (Å²) in [5.74, 6) is -1.46. The van der Waals surface area contributed by atoms with Crippen LogP contribution in [0.3, 0.4) is 0 Å². The topological polar surface area (TPSA) is 78.4 Å². The van der Waals surface area contributed by atoms with Gasteiger partial charge in [-0.15, -0.1) is 0 Å². The molecule has 1 unspecified atom stereocenters. The summed E-state index contributed by atoms with van der Waals surface area (Å²) in [6, 6.07) is -0.271. The van der Waals surface area contributed by atoms with Crippen molar-refractivity contribution in [3.8, 4) is 0 Å². The molecule has 5 nitrogen and oxygen atoms in total. The summed E-state index contributed by atoms with van der Waals surface area (Å²) in [4.78, 5) is 22.3. The minimum atomic E-state index is -0.895. The first-order valence-electron chi connectivity index (χ1n) is 6.79. The number of carbonyl (C=O) groups is 2. The van der Waals surface area contributed by atoms with Gasteiger partial charge in [0, 0.05) is 17.8 Å². The molecule has 1 saturated carbocycles. The molecule has 0 spiro atoms. The highest BCUT2D eigenvalue weighted by molar-refractivity contribution is 8.00. The highest BCUT2D eigenvalue weighted by atomic mass is 32.2. The van der Waals surface area contributed by atoms with Gasteiger partial charge in [-0.2, -0.15) is 11.8 Å². The number of carboxylic acids is 1. The lowest BCUT2D eigenvalue weighted by Gasteiger charge is -2.35. The van der Waals surface area contributed by atoms with Crippen LogP contribution < -0.4 is 10.6 Å². The minimum Gasteiger partial charge on any atom is -0.481 e. The Balaban J connectivity index is 2.30. The average Bonchev–Trinajstić information content (AvgIpc) is 2.43. The van der Waals surface area contributed by atoms with Crippen molar-refractivity contribution in [2.75, 3.05) is 19.3 Å². The van der Waals surface area contributed by atoms with Crippen molar-refractivity contribution in [1.82, 2.24) is 10.6 Å². The Morgan fingerprint density at radius 1 is 1.26 bits per heavy atom. The third-order valence-corrected chi connectivity index (χ3v) is 5.18. The maximum absolute atomic E-state index is 11.6. The predicted octanol–water partition coefficient (Wildman–Crippen LogP) is 2.07. The summed E-state index contributed by atoms with van der Waals surface area (Å²) < 4.78 is 0.161. The zero-order valence-corrected chi connectivity index (χ0v) is 12.5. The van der Waals surface area contributed by atoms with Gasteiger partial charge in [0.15, 0.2) is 0 Å². The highest BCUT2D eigenvalue weighted by Gasteiger charge is 2.31. The molecule has 0 aromatic heterocycles. The van der Waals surface area contributed by atoms with E-state index in [2.05, 4.69) is 16.9 Å². The van der Waals surface area contributed by atoms with Crippen molar-refractivity contribution < 1.29 is 14.7 Å². The molecule has 1 aliphatic rings. The SMILES string of the molecule is CSC1(CNC(=O)NCC(C)C(=O)O)CCCCC1. The third-order valence-electron chi connectivity index (χ3n) is 3.76. The Kier molecular flexibility index (Phi) is 6.48. The standard InChI is InChI=1S/C13H24N2O3S/c1-10(11(16)17)8-14-12(18)15-9-13(19-2)6-4-3-5-7-13/h10H,3-9H2,1-2H3,(H,16,17)(H2,14,15,18). The molecule has 1 aliphatic carbocycles. The van der Waals surface area contributed by atoms with Crippen LogP contribution in [0.25, 0.3) is 0 Å². The van der Waals surface area contributed by atoms with Gasteiger partial charge in [-0.05, 0) is 19.1 Å². The van der Waals surface area contributed by atoms with Crippen molar-refractivity contribution in [2.45, 2.75) is 43.8 Å². The van der Waals surface area contributed by atoms with Gasteiger partial charge in [0.25, 0.3) is 0 Å². The molecule has 3 N–H and O–H groups in total. The van der Waals surface area contributed by atoms with Crippen LogP contribution in [-0.2, 0) is 4.79 Å². The number of thioether (sulfide) groups is 1. The first-order valence-corrected chi connectivity index (χ1v) is 8.01. The minimum absolute atomic E-state index is 0.160. The summed E-state index contributed by atoms with van der Waals surface area (Å²) in [6.07, 6.45) is 8.10. The molecule has 0 heterocycles. The molecule has 0 bridgehead atoms. The number of amides is 2. The van der Waals surface area contributed by atoms with Crippen LogP contribution in [0.4, 0.5) is 4.79 Å². The van der Waals surface area contributed by atoms with Crippen molar-refractivity contribution in [1.29, 1.82) is 0 Å². The molecule has 0 saturated heterocycles. The second-order valence-electron chi connectivity index (χ2n) is 5.25. The predicted molar refractivity (Wildman–Crippen MR) is 77.5 cm³/mol. The van der Waals surface area contributed by atoms with E-state index in [0.717, 1.165) is 12.8 Å². The van der Waals surface area contributed by atoms with Gasteiger partial charge in [0.2, 0.25) is 0 Å². The number of hydrogen-bond donors (Lipinski definition) is 3. The first-order chi connectivity index (χ1) is 8.99. The van der Waals surface area contributed by atoms with Gasteiger partial charge in [-0.3, -0.25) is 4.79 Å². The molecule has 1 rings (SSSR count). The molecular formula is C13H24N2O3S. The van der Waals surface area contributed by atoms with Gasteiger partial charge in [0.05, 0.1) is 5.92 Å². The van der Waals surface area contributed by atoms with Crippen LogP contribution in [-0.4, -0.2) is 41.2 Å². The zero-order valence-electron chi connectivity index (χ0n) is 11.7. The summed E-state index contributed by atoms with van der Waals surface area (Å²) in [6.45, 7) is 2.39. The number of carboxylic acid groups (broad SMARTS) is 1. The monoisotopic (exact) mass is 288 g/mol. The molecule has 1 fully saturated rings. The lowest BCUT2D eigenvalue weighted by Crippen LogP contribution is -2.46. The smallest absolute Gasteiger partial charge is 0.314 e. The number of rotatable bonds is 6. The van der Waals surface area contributed by atoms with Crippen LogP contribution in [0, 0.1) is 5.92 Å². The van der Waals surface area contributed by atoms with Gasteiger partial charge in [0.1, 0.15) is 0 Å². The van der Waals surface area contributed by atoms with E-state index in [-0.39, 0.29) is 17.3 Å². The van der Waals surface area contributed by atoms with E-state index < -0.39 is 11.9 Å². The van der Waals surface area contributed by atoms with E-state index in [1.165, 1.54) is 19.3 Å². The number of nitrogens with one attached hydrogen (secondary N) is 2. The molecule has 0 aromatic carbocycles. The quantitative estimate of drug-likeness (QED) is 0.699. The van der Waals surface area contributed by atoms with E-state index in [1.54, 1.807) is 6.92 Å². The Morgan fingerprint density at radius 3 is 2.42 bits per heavy atom. The number of carbonyl (C=O) groups excluding carboxylic acids is 1. The molecule has 0 aliphatic heterocycles. The van der Waals surface area contributed by atoms with E-state index in [4.69, 9.17) is 5.11 Å². The maximum Gasteiger partial charge on any atom is 0.314 e. The second kappa shape index (κ2) is 7.62. The van der Waals surface area contributed by atoms with Crippen LogP contribution in [0.1, 0.15) is 39.0 Å². The summed E-state index contributed by atoms with van der Waals surface area (Å²) in [5, 5.41) is 14.2. The van der Waals surface area contributed by atoms with Gasteiger partial charge in [-0.25, -0.2) is 4.79 Å². The van der Waals surface area contributed by atoms with Crippen molar-refractivity contribution in [3.05, 3.63) is 0 Å². The van der Waals surface area contributed by atoms with Gasteiger partial charge >= 0.3 is 12.0 Å². The van der Waals surface area contributed by atoms with Gasteiger partial charge < -0.3 is 15.7 Å². The fourth-order valence-corrected chi connectivity index (χ4v) is 3.20. The Labute approximate surface area is 118 Å². The second-order valence-corrected chi connectivity index (χ2v) is 6.52.